The summed E-state index contributed by atoms with van der Waals surface area (Å²) in [4.78, 5) is 10.3. The van der Waals surface area contributed by atoms with Crippen LogP contribution in [0.5, 0.6) is 0 Å². The minimum absolute atomic E-state index is 0. The van der Waals surface area contributed by atoms with Gasteiger partial charge in [0.25, 0.3) is 0 Å². The zero-order valence-electron chi connectivity index (χ0n) is 44.9. The van der Waals surface area contributed by atoms with Crippen molar-refractivity contribution in [2.45, 2.75) is 77.5 Å². The van der Waals surface area contributed by atoms with Crippen molar-refractivity contribution in [1.82, 2.24) is 14.5 Å². The molecule has 12 rings (SSSR count). The van der Waals surface area contributed by atoms with E-state index in [4.69, 9.17) is 9.97 Å². The van der Waals surface area contributed by atoms with E-state index in [9.17, 15) is 1.37 Å². The van der Waals surface area contributed by atoms with Crippen molar-refractivity contribution in [2.75, 3.05) is 0 Å². The number of aromatic nitrogens is 3. The Kier molecular flexibility index (Phi) is 13.9. The Morgan fingerprint density at radius 1 is 0.622 bits per heavy atom. The maximum Gasteiger partial charge on any atom is 0 e. The monoisotopic (exact) mass is 1220 g/mol. The molecule has 0 saturated carbocycles. The summed E-state index contributed by atoms with van der Waals surface area (Å²) in [6, 6.07) is 67.2. The number of aryl methyl sites for hydroxylation is 5. The number of hydrogen-bond donors (Lipinski definition) is 0. The van der Waals surface area contributed by atoms with E-state index in [0.717, 1.165) is 39.2 Å². The molecule has 0 fully saturated rings. The van der Waals surface area contributed by atoms with E-state index < -0.39 is 19.2 Å². The number of pyridine rings is 1. The largest absolute Gasteiger partial charge is 0 e. The van der Waals surface area contributed by atoms with Crippen molar-refractivity contribution < 1.29 is 21.5 Å². The van der Waals surface area contributed by atoms with Crippen LogP contribution in [-0.4, -0.2) is 27.8 Å². The van der Waals surface area contributed by atoms with Gasteiger partial charge in [-0.15, -0.1) is 17.7 Å². The fraction of sp³-hybridized carbons (Fsp3) is 0.176. The third-order valence-electron chi connectivity index (χ3n) is 15.1. The second kappa shape index (κ2) is 20.7. The normalized spacial score (nSPS) is 13.1. The van der Waals surface area contributed by atoms with Crippen LogP contribution in [0.1, 0.15) is 66.0 Å². The third-order valence-corrected chi connectivity index (χ3v) is 20.6. The summed E-state index contributed by atoms with van der Waals surface area (Å²) in [7, 11) is 0. The zero-order valence-corrected chi connectivity index (χ0v) is 49.2. The molecular weight excluding hydrogens is 1160 g/mol. The van der Waals surface area contributed by atoms with Gasteiger partial charge >= 0.3 is 162 Å². The molecule has 74 heavy (non-hydrogen) atoms. The molecule has 0 amide bonds. The predicted molar refractivity (Wildman–Crippen MR) is 317 cm³/mol. The summed E-state index contributed by atoms with van der Waals surface area (Å²) in [6.07, 6.45) is 2.04. The fourth-order valence-corrected chi connectivity index (χ4v) is 15.5. The molecule has 0 N–H and O–H groups in total. The second-order valence-electron chi connectivity index (χ2n) is 20.9. The number of benzene rings is 9. The SMILES string of the molecule is Cc1cc(-c2ccccc2)cc(C)c1-n1c(-c2[c-]cc(C)c3c2sc2ccccc23)nc2cc3c(cc21)c(C)c(C)c1ccccc13.[2H]C(C)(c1cc(-c2[c-]cccc2)nc[c]1[Ge]([CH3])([CH3])[CH3])C(C)c1ccccc1.[Ir]. The first-order valence-corrected chi connectivity index (χ1v) is 33.6. The van der Waals surface area contributed by atoms with Gasteiger partial charge in [-0.25, -0.2) is 0 Å². The predicted octanol–water partition coefficient (Wildman–Crippen LogP) is 18.4. The quantitative estimate of drug-likeness (QED) is 0.0862. The number of nitrogens with zero attached hydrogens (tertiary/aromatic N) is 3. The molecule has 0 aliphatic carbocycles. The van der Waals surface area contributed by atoms with E-state index in [1.165, 1.54) is 96.3 Å². The maximum absolute atomic E-state index is 9.38. The number of thiophene rings is 1. The molecule has 3 aromatic heterocycles. The van der Waals surface area contributed by atoms with Crippen LogP contribution >= 0.6 is 11.3 Å². The van der Waals surface area contributed by atoms with Gasteiger partial charge in [-0.3, -0.25) is 4.98 Å². The Morgan fingerprint density at radius 3 is 1.95 bits per heavy atom. The smallest absolute Gasteiger partial charge is 0 e. The van der Waals surface area contributed by atoms with Crippen molar-refractivity contribution >= 4 is 81.7 Å². The molecule has 2 unspecified atom stereocenters. The zero-order chi connectivity index (χ0) is 51.6. The summed E-state index contributed by atoms with van der Waals surface area (Å²) in [5.74, 6) is 7.40. The van der Waals surface area contributed by atoms with E-state index in [1.807, 2.05) is 47.9 Å². The molecule has 2 atom stereocenters. The van der Waals surface area contributed by atoms with Crippen molar-refractivity contribution in [3.05, 3.63) is 227 Å². The van der Waals surface area contributed by atoms with Crippen LogP contribution in [0.3, 0.4) is 0 Å². The van der Waals surface area contributed by atoms with Crippen LogP contribution in [0.2, 0.25) is 17.3 Å². The van der Waals surface area contributed by atoms with Crippen molar-refractivity contribution in [2.24, 2.45) is 0 Å². The molecule has 1 radical (unpaired) electrons. The van der Waals surface area contributed by atoms with Gasteiger partial charge in [0.15, 0.2) is 0 Å². The summed E-state index contributed by atoms with van der Waals surface area (Å²) in [6.45, 7) is 15.4. The topological polar surface area (TPSA) is 30.7 Å². The molecule has 3 heterocycles. The fourth-order valence-electron chi connectivity index (χ4n) is 11.0. The first kappa shape index (κ1) is 49.7. The third kappa shape index (κ3) is 9.28. The van der Waals surface area contributed by atoms with Gasteiger partial charge in [-0.1, -0.05) is 90.7 Å². The summed E-state index contributed by atoms with van der Waals surface area (Å²) < 4.78 is 15.6. The van der Waals surface area contributed by atoms with Gasteiger partial charge in [-0.05, 0) is 123 Å². The van der Waals surface area contributed by atoms with Gasteiger partial charge in [0, 0.05) is 30.5 Å². The molecule has 0 aliphatic rings. The van der Waals surface area contributed by atoms with Crippen LogP contribution in [-0.2, 0) is 20.1 Å². The van der Waals surface area contributed by atoms with Gasteiger partial charge in [0.2, 0.25) is 0 Å². The van der Waals surface area contributed by atoms with E-state index in [2.05, 4.69) is 222 Å². The van der Waals surface area contributed by atoms with Gasteiger partial charge in [0.05, 0.1) is 16.9 Å². The molecule has 369 valence electrons. The molecule has 3 nitrogen and oxygen atoms in total. The minimum Gasteiger partial charge on any atom is 0 e. The number of imidazole rings is 1. The first-order valence-electron chi connectivity index (χ1n) is 26.0. The molecule has 9 aromatic carbocycles. The maximum atomic E-state index is 9.38. The molecule has 0 saturated heterocycles. The van der Waals surface area contributed by atoms with Crippen molar-refractivity contribution in [1.29, 1.82) is 0 Å². The molecule has 0 aliphatic heterocycles. The summed E-state index contributed by atoms with van der Waals surface area (Å²) >= 11 is -0.356. The van der Waals surface area contributed by atoms with E-state index in [0.29, 0.717) is 0 Å². The minimum atomic E-state index is -2.20. The van der Waals surface area contributed by atoms with Crippen LogP contribution in [0.4, 0.5) is 0 Å². The Labute approximate surface area is 458 Å². The number of fused-ring (bicyclic) bond motifs is 7. The molecule has 0 bridgehead atoms. The van der Waals surface area contributed by atoms with Gasteiger partial charge < -0.3 is 4.57 Å². The van der Waals surface area contributed by atoms with Crippen molar-refractivity contribution in [3.8, 4) is 39.5 Å². The van der Waals surface area contributed by atoms with Gasteiger partial charge in [-0.2, -0.15) is 11.3 Å². The number of rotatable bonds is 8. The standard InChI is InChI=1S/C44H33N2S.C24H28GeN.Ir/c1-25-19-20-35(43-41(25)34-17-11-12-18-40(34)47-43)44-45-38-23-37-33-16-10-9-15-32(33)28(4)29(5)36(37)24-39(38)46(44)42-26(2)21-31(22-27(42)3)30-13-7-6-8-14-30;1-18(20-12-8-6-9-13-20)19(2)22-16-24(21-14-10-7-11-15-21)26-17-23(22)25(3,4)5;/h6-19,21-24H,1-5H3;6-14,16-19H,1-5H3;/q2*-1;/i;19D;. The molecule has 12 aromatic rings. The number of hydrogen-bond acceptors (Lipinski definition) is 3. The van der Waals surface area contributed by atoms with Crippen LogP contribution < -0.4 is 4.40 Å². The summed E-state index contributed by atoms with van der Waals surface area (Å²) in [5, 5.41) is 7.70. The average Bonchev–Trinajstić information content (AvgIpc) is 3.99. The first-order chi connectivity index (χ1) is 35.6. The van der Waals surface area contributed by atoms with Gasteiger partial charge in [0.1, 0.15) is 0 Å². The Hall–Kier alpha value is -6.47. The Balaban J connectivity index is 0.000000196. The molecule has 6 heteroatoms. The second-order valence-corrected chi connectivity index (χ2v) is 32.5. The van der Waals surface area contributed by atoms with E-state index in [-0.39, 0.29) is 26.0 Å². The Bertz CT molecular complexity index is 4080. The van der Waals surface area contributed by atoms with E-state index >= 15 is 0 Å². The average molecular weight is 1220 g/mol. The van der Waals surface area contributed by atoms with Crippen LogP contribution in [0.15, 0.2) is 176 Å². The molecular formula is C68H61GeIrN3S-2. The Morgan fingerprint density at radius 2 is 1.26 bits per heavy atom. The van der Waals surface area contributed by atoms with Crippen molar-refractivity contribution in [3.63, 3.8) is 0 Å². The summed E-state index contributed by atoms with van der Waals surface area (Å²) in [5.41, 5.74) is 17.3. The van der Waals surface area contributed by atoms with Crippen LogP contribution in [0.25, 0.3) is 92.2 Å². The van der Waals surface area contributed by atoms with Crippen LogP contribution in [0, 0.1) is 46.8 Å². The molecule has 0 spiro atoms. The van der Waals surface area contributed by atoms with E-state index in [1.54, 1.807) is 0 Å².